The van der Waals surface area contributed by atoms with Crippen LogP contribution in [-0.4, -0.2) is 32.6 Å². The highest BCUT2D eigenvalue weighted by Gasteiger charge is 2.27. The zero-order valence-electron chi connectivity index (χ0n) is 11.4. The number of hydrogen-bond acceptors (Lipinski definition) is 3. The molecule has 100 valence electrons. The summed E-state index contributed by atoms with van der Waals surface area (Å²) in [7, 11) is 2.09. The third kappa shape index (κ3) is 2.31. The van der Waals surface area contributed by atoms with E-state index in [1.165, 1.54) is 16.5 Å². The highest BCUT2D eigenvalue weighted by Crippen LogP contribution is 2.28. The Morgan fingerprint density at radius 1 is 1.05 bits per heavy atom. The van der Waals surface area contributed by atoms with E-state index in [-0.39, 0.29) is 12.3 Å². The molecule has 0 N–H and O–H groups in total. The topological polar surface area (TPSA) is 21.7 Å². The van der Waals surface area contributed by atoms with E-state index in [1.807, 2.05) is 0 Å². The van der Waals surface area contributed by atoms with Crippen molar-refractivity contribution in [2.75, 3.05) is 25.2 Å². The van der Waals surface area contributed by atoms with Gasteiger partial charge in [-0.05, 0) is 18.4 Å². The van der Waals surface area contributed by atoms with Crippen molar-refractivity contribution in [1.29, 1.82) is 0 Å². The summed E-state index contributed by atoms with van der Waals surface area (Å²) in [5.74, 6) is 0. The van der Waals surface area contributed by atoms with E-state index in [4.69, 9.17) is 9.47 Å². The van der Waals surface area contributed by atoms with E-state index in [0.717, 1.165) is 0 Å². The minimum absolute atomic E-state index is 0.135. The van der Waals surface area contributed by atoms with Crippen molar-refractivity contribution in [1.82, 2.24) is 0 Å². The summed E-state index contributed by atoms with van der Waals surface area (Å²) in [4.78, 5) is 2.23. The zero-order valence-corrected chi connectivity index (χ0v) is 11.4. The average molecular weight is 257 g/mol. The average Bonchev–Trinajstić information content (AvgIpc) is 2.99. The van der Waals surface area contributed by atoms with Gasteiger partial charge in [-0.2, -0.15) is 0 Å². The molecule has 0 saturated carbocycles. The SMILES string of the molecule is CC(C1OCCO1)N(C)c1cccc2ccccc12. The van der Waals surface area contributed by atoms with Crippen LogP contribution in [0, 0.1) is 0 Å². The van der Waals surface area contributed by atoms with Gasteiger partial charge >= 0.3 is 0 Å². The van der Waals surface area contributed by atoms with Gasteiger partial charge in [-0.15, -0.1) is 0 Å². The van der Waals surface area contributed by atoms with E-state index >= 15 is 0 Å². The molecule has 0 bridgehead atoms. The van der Waals surface area contributed by atoms with Crippen LogP contribution in [0.5, 0.6) is 0 Å². The quantitative estimate of drug-likeness (QED) is 0.843. The van der Waals surface area contributed by atoms with Crippen molar-refractivity contribution in [3.63, 3.8) is 0 Å². The highest BCUT2D eigenvalue weighted by atomic mass is 16.7. The number of likely N-dealkylation sites (N-methyl/N-ethyl adjacent to an activating group) is 1. The Morgan fingerprint density at radius 2 is 1.74 bits per heavy atom. The number of anilines is 1. The molecule has 1 atom stereocenters. The van der Waals surface area contributed by atoms with Gasteiger partial charge < -0.3 is 14.4 Å². The fourth-order valence-corrected chi connectivity index (χ4v) is 2.57. The largest absolute Gasteiger partial charge is 0.366 e. The summed E-state index contributed by atoms with van der Waals surface area (Å²) in [6.45, 7) is 3.52. The first-order chi connectivity index (χ1) is 9.27. The van der Waals surface area contributed by atoms with Crippen LogP contribution < -0.4 is 4.90 Å². The van der Waals surface area contributed by atoms with Crippen LogP contribution in [0.3, 0.4) is 0 Å². The summed E-state index contributed by atoms with van der Waals surface area (Å²) in [6, 6.07) is 15.0. The monoisotopic (exact) mass is 257 g/mol. The normalized spacial score (nSPS) is 17.8. The van der Waals surface area contributed by atoms with Crippen LogP contribution in [0.25, 0.3) is 10.8 Å². The molecule has 1 heterocycles. The van der Waals surface area contributed by atoms with Gasteiger partial charge in [0.1, 0.15) is 0 Å². The number of ether oxygens (including phenoxy) is 2. The molecule has 0 amide bonds. The lowest BCUT2D eigenvalue weighted by Crippen LogP contribution is -2.39. The lowest BCUT2D eigenvalue weighted by atomic mass is 10.1. The summed E-state index contributed by atoms with van der Waals surface area (Å²) < 4.78 is 11.2. The van der Waals surface area contributed by atoms with Gasteiger partial charge in [0.15, 0.2) is 6.29 Å². The highest BCUT2D eigenvalue weighted by molar-refractivity contribution is 5.94. The number of rotatable bonds is 3. The number of fused-ring (bicyclic) bond motifs is 1. The Bertz CT molecular complexity index is 558. The number of benzene rings is 2. The van der Waals surface area contributed by atoms with Gasteiger partial charge in [-0.1, -0.05) is 36.4 Å². The summed E-state index contributed by atoms with van der Waals surface area (Å²) >= 11 is 0. The Labute approximate surface area is 113 Å². The molecule has 1 saturated heterocycles. The third-order valence-electron chi connectivity index (χ3n) is 3.80. The van der Waals surface area contributed by atoms with Crippen molar-refractivity contribution in [2.24, 2.45) is 0 Å². The Morgan fingerprint density at radius 3 is 2.53 bits per heavy atom. The second-order valence-corrected chi connectivity index (χ2v) is 4.96. The van der Waals surface area contributed by atoms with Crippen molar-refractivity contribution < 1.29 is 9.47 Å². The number of nitrogens with zero attached hydrogens (tertiary/aromatic N) is 1. The van der Waals surface area contributed by atoms with Crippen LogP contribution >= 0.6 is 0 Å². The summed E-state index contributed by atoms with van der Waals surface area (Å²) in [5.41, 5.74) is 1.21. The van der Waals surface area contributed by atoms with Crippen LogP contribution in [0.2, 0.25) is 0 Å². The van der Waals surface area contributed by atoms with E-state index in [2.05, 4.69) is 61.3 Å². The first kappa shape index (κ1) is 12.5. The Kier molecular flexibility index (Phi) is 3.40. The van der Waals surface area contributed by atoms with Crippen molar-refractivity contribution in [2.45, 2.75) is 19.3 Å². The molecule has 1 unspecified atom stereocenters. The summed E-state index contributed by atoms with van der Waals surface area (Å²) in [6.07, 6.45) is -0.135. The molecule has 1 aliphatic heterocycles. The molecular formula is C16H19NO2. The lowest BCUT2D eigenvalue weighted by Gasteiger charge is -2.31. The predicted octanol–water partition coefficient (Wildman–Crippen LogP) is 3.04. The molecule has 2 aromatic carbocycles. The molecule has 3 rings (SSSR count). The molecule has 1 fully saturated rings. The van der Waals surface area contributed by atoms with Crippen LogP contribution in [0.1, 0.15) is 6.92 Å². The molecule has 2 aromatic rings. The predicted molar refractivity (Wildman–Crippen MR) is 77.5 cm³/mol. The second kappa shape index (κ2) is 5.19. The van der Waals surface area contributed by atoms with Crippen molar-refractivity contribution in [3.8, 4) is 0 Å². The minimum atomic E-state index is -0.135. The molecular weight excluding hydrogens is 238 g/mol. The molecule has 1 aliphatic rings. The molecule has 0 spiro atoms. The first-order valence-electron chi connectivity index (χ1n) is 6.71. The smallest absolute Gasteiger partial charge is 0.177 e. The molecule has 3 nitrogen and oxygen atoms in total. The van der Waals surface area contributed by atoms with Gasteiger partial charge in [-0.25, -0.2) is 0 Å². The van der Waals surface area contributed by atoms with E-state index in [1.54, 1.807) is 0 Å². The summed E-state index contributed by atoms with van der Waals surface area (Å²) in [5, 5.41) is 2.52. The van der Waals surface area contributed by atoms with Gasteiger partial charge in [0.2, 0.25) is 0 Å². The van der Waals surface area contributed by atoms with Crippen molar-refractivity contribution >= 4 is 16.5 Å². The fraction of sp³-hybridized carbons (Fsp3) is 0.375. The van der Waals surface area contributed by atoms with Crippen molar-refractivity contribution in [3.05, 3.63) is 42.5 Å². The maximum absolute atomic E-state index is 5.61. The minimum Gasteiger partial charge on any atom is -0.366 e. The van der Waals surface area contributed by atoms with E-state index in [0.29, 0.717) is 13.2 Å². The van der Waals surface area contributed by atoms with Gasteiger partial charge in [0.25, 0.3) is 0 Å². The second-order valence-electron chi connectivity index (χ2n) is 4.96. The lowest BCUT2D eigenvalue weighted by molar-refractivity contribution is -0.0555. The van der Waals surface area contributed by atoms with Crippen LogP contribution in [0.4, 0.5) is 5.69 Å². The fourth-order valence-electron chi connectivity index (χ4n) is 2.57. The molecule has 3 heteroatoms. The molecule has 0 radical (unpaired) electrons. The maximum atomic E-state index is 5.61. The van der Waals surface area contributed by atoms with Crippen LogP contribution in [0.15, 0.2) is 42.5 Å². The van der Waals surface area contributed by atoms with E-state index in [9.17, 15) is 0 Å². The molecule has 0 aliphatic carbocycles. The Balaban J connectivity index is 1.94. The first-order valence-corrected chi connectivity index (χ1v) is 6.71. The molecule has 19 heavy (non-hydrogen) atoms. The number of hydrogen-bond donors (Lipinski definition) is 0. The van der Waals surface area contributed by atoms with Gasteiger partial charge in [0.05, 0.1) is 19.3 Å². The van der Waals surface area contributed by atoms with Gasteiger partial charge in [-0.3, -0.25) is 0 Å². The van der Waals surface area contributed by atoms with Crippen LogP contribution in [-0.2, 0) is 9.47 Å². The maximum Gasteiger partial charge on any atom is 0.177 e. The standard InChI is InChI=1S/C16H19NO2/c1-12(16-18-10-11-19-16)17(2)15-9-5-7-13-6-3-4-8-14(13)15/h3-9,12,16H,10-11H2,1-2H3. The zero-order chi connectivity index (χ0) is 13.2. The van der Waals surface area contributed by atoms with E-state index < -0.39 is 0 Å². The Hall–Kier alpha value is -1.58. The molecule has 0 aromatic heterocycles. The van der Waals surface area contributed by atoms with Gasteiger partial charge in [0, 0.05) is 18.1 Å². The third-order valence-corrected chi connectivity index (χ3v) is 3.80.